The molecule has 3 atom stereocenters. The molecule has 17 heavy (non-hydrogen) atoms. The number of phenols is 1. The van der Waals surface area contributed by atoms with Crippen LogP contribution in [0.2, 0.25) is 0 Å². The number of ether oxygens (including phenoxy) is 1. The minimum atomic E-state index is -0.289. The summed E-state index contributed by atoms with van der Waals surface area (Å²) in [4.78, 5) is 0. The van der Waals surface area contributed by atoms with Crippen LogP contribution in [0.1, 0.15) is 24.3 Å². The Morgan fingerprint density at radius 2 is 2.29 bits per heavy atom. The van der Waals surface area contributed by atoms with Crippen molar-refractivity contribution >= 4 is 0 Å². The zero-order valence-corrected chi connectivity index (χ0v) is 9.53. The molecule has 2 aliphatic rings. The molecule has 2 fully saturated rings. The number of hydrogen-bond acceptors (Lipinski definition) is 3. The third-order valence-electron chi connectivity index (χ3n) is 3.80. The van der Waals surface area contributed by atoms with Gasteiger partial charge in [0.25, 0.3) is 0 Å². The summed E-state index contributed by atoms with van der Waals surface area (Å²) < 4.78 is 18.8. The molecule has 0 aliphatic carbocycles. The van der Waals surface area contributed by atoms with E-state index >= 15 is 0 Å². The molecule has 3 nitrogen and oxygen atoms in total. The Kier molecular flexibility index (Phi) is 2.76. The van der Waals surface area contributed by atoms with Gasteiger partial charge in [0, 0.05) is 30.6 Å². The first-order valence-corrected chi connectivity index (χ1v) is 6.07. The predicted octanol–water partition coefficient (Wildman–Crippen LogP) is 1.97. The van der Waals surface area contributed by atoms with E-state index in [1.165, 1.54) is 18.2 Å². The lowest BCUT2D eigenvalue weighted by Gasteiger charge is -2.32. The summed E-state index contributed by atoms with van der Waals surface area (Å²) in [7, 11) is 0. The van der Waals surface area contributed by atoms with Crippen LogP contribution in [0, 0.1) is 11.7 Å². The lowest BCUT2D eigenvalue weighted by Crippen LogP contribution is -2.42. The molecule has 4 heteroatoms. The van der Waals surface area contributed by atoms with Gasteiger partial charge in [-0.1, -0.05) is 0 Å². The zero-order valence-electron chi connectivity index (χ0n) is 9.53. The number of phenolic OH excluding ortho intramolecular Hbond substituents is 1. The molecule has 2 aliphatic heterocycles. The molecule has 0 aromatic heterocycles. The van der Waals surface area contributed by atoms with Crippen LogP contribution < -0.4 is 5.32 Å². The van der Waals surface area contributed by atoms with Crippen molar-refractivity contribution < 1.29 is 14.2 Å². The maximum Gasteiger partial charge on any atom is 0.123 e. The molecular formula is C13H16FNO2. The largest absolute Gasteiger partial charge is 0.508 e. The first-order chi connectivity index (χ1) is 8.24. The second-order valence-corrected chi connectivity index (χ2v) is 4.88. The van der Waals surface area contributed by atoms with E-state index in [1.807, 2.05) is 0 Å². The summed E-state index contributed by atoms with van der Waals surface area (Å²) in [6, 6.07) is 4.16. The van der Waals surface area contributed by atoms with Crippen molar-refractivity contribution in [2.75, 3.05) is 13.2 Å². The van der Waals surface area contributed by atoms with E-state index in [1.54, 1.807) is 0 Å². The number of aromatic hydroxyl groups is 1. The number of hydrogen-bond donors (Lipinski definition) is 2. The molecule has 0 radical (unpaired) electrons. The molecule has 1 aromatic carbocycles. The lowest BCUT2D eigenvalue weighted by atomic mass is 9.83. The van der Waals surface area contributed by atoms with E-state index in [9.17, 15) is 9.50 Å². The Bertz CT molecular complexity index is 424. The highest BCUT2D eigenvalue weighted by molar-refractivity contribution is 5.36. The predicted molar refractivity (Wildman–Crippen MR) is 61.3 cm³/mol. The van der Waals surface area contributed by atoms with E-state index in [-0.39, 0.29) is 23.7 Å². The molecule has 0 amide bonds. The van der Waals surface area contributed by atoms with E-state index in [0.717, 1.165) is 26.0 Å². The number of benzene rings is 1. The highest BCUT2D eigenvalue weighted by atomic mass is 19.1. The third-order valence-corrected chi connectivity index (χ3v) is 3.80. The molecule has 0 bridgehead atoms. The maximum atomic E-state index is 13.2. The summed E-state index contributed by atoms with van der Waals surface area (Å²) in [6.45, 7) is 1.53. The van der Waals surface area contributed by atoms with Gasteiger partial charge in [-0.15, -0.1) is 0 Å². The summed E-state index contributed by atoms with van der Waals surface area (Å²) in [6.07, 6.45) is 2.15. The molecule has 1 aromatic rings. The van der Waals surface area contributed by atoms with Crippen molar-refractivity contribution in [3.8, 4) is 5.75 Å². The van der Waals surface area contributed by atoms with Crippen LogP contribution in [0.4, 0.5) is 4.39 Å². The molecule has 0 saturated carbocycles. The summed E-state index contributed by atoms with van der Waals surface area (Å²) in [5.74, 6) is 0.559. The van der Waals surface area contributed by atoms with E-state index in [4.69, 9.17) is 4.74 Å². The minimum absolute atomic E-state index is 0.155. The maximum absolute atomic E-state index is 13.2. The quantitative estimate of drug-likeness (QED) is 0.784. The monoisotopic (exact) mass is 237 g/mol. The Hall–Kier alpha value is -1.13. The fraction of sp³-hybridized carbons (Fsp3) is 0.538. The molecule has 3 rings (SSSR count). The van der Waals surface area contributed by atoms with Crippen molar-refractivity contribution in [1.29, 1.82) is 0 Å². The minimum Gasteiger partial charge on any atom is -0.508 e. The first-order valence-electron chi connectivity index (χ1n) is 6.07. The Morgan fingerprint density at radius 1 is 1.41 bits per heavy atom. The molecule has 3 unspecified atom stereocenters. The number of halogens is 1. The van der Waals surface area contributed by atoms with Gasteiger partial charge in [0.2, 0.25) is 0 Å². The van der Waals surface area contributed by atoms with Crippen molar-refractivity contribution in [1.82, 2.24) is 5.32 Å². The molecular weight excluding hydrogens is 221 g/mol. The van der Waals surface area contributed by atoms with E-state index in [2.05, 4.69) is 5.32 Å². The Labute approximate surface area is 99.6 Å². The number of piperidine rings is 1. The Morgan fingerprint density at radius 3 is 3.18 bits per heavy atom. The molecule has 2 N–H and O–H groups in total. The average Bonchev–Trinajstić information content (AvgIpc) is 2.79. The van der Waals surface area contributed by atoms with E-state index < -0.39 is 0 Å². The van der Waals surface area contributed by atoms with Crippen LogP contribution in [-0.4, -0.2) is 24.5 Å². The fourth-order valence-corrected chi connectivity index (χ4v) is 2.90. The van der Waals surface area contributed by atoms with Crippen molar-refractivity contribution in [3.05, 3.63) is 29.6 Å². The Balaban J connectivity index is 1.82. The van der Waals surface area contributed by atoms with Crippen LogP contribution in [0.3, 0.4) is 0 Å². The third kappa shape index (κ3) is 2.03. The standard InChI is InChI=1S/C13H16FNO2/c14-10-1-2-12(16)11(6-10)9-5-8-3-4-17-13(8)15-7-9/h1-2,6,8-9,13,15-16H,3-5,7H2. The average molecular weight is 237 g/mol. The SMILES string of the molecule is Oc1ccc(F)cc1C1CNC2OCCC2C1. The normalized spacial score (nSPS) is 32.4. The van der Waals surface area contributed by atoms with Gasteiger partial charge in [0.05, 0.1) is 0 Å². The summed E-state index contributed by atoms with van der Waals surface area (Å²) in [5.41, 5.74) is 0.711. The van der Waals surface area contributed by atoms with Crippen molar-refractivity contribution in [3.63, 3.8) is 0 Å². The number of nitrogens with one attached hydrogen (secondary N) is 1. The summed E-state index contributed by atoms with van der Waals surface area (Å²) in [5, 5.41) is 13.1. The van der Waals surface area contributed by atoms with Crippen LogP contribution in [0.15, 0.2) is 18.2 Å². The van der Waals surface area contributed by atoms with Crippen molar-refractivity contribution in [2.24, 2.45) is 5.92 Å². The van der Waals surface area contributed by atoms with Gasteiger partial charge >= 0.3 is 0 Å². The van der Waals surface area contributed by atoms with Gasteiger partial charge in [0.15, 0.2) is 0 Å². The summed E-state index contributed by atoms with van der Waals surface area (Å²) >= 11 is 0. The first kappa shape index (κ1) is 11.0. The molecule has 0 spiro atoms. The topological polar surface area (TPSA) is 41.5 Å². The van der Waals surface area contributed by atoms with Gasteiger partial charge in [-0.3, -0.25) is 5.32 Å². The zero-order chi connectivity index (χ0) is 11.8. The number of rotatable bonds is 1. The molecule has 92 valence electrons. The molecule has 2 heterocycles. The van der Waals surface area contributed by atoms with Crippen LogP contribution in [0.5, 0.6) is 5.75 Å². The van der Waals surface area contributed by atoms with Gasteiger partial charge < -0.3 is 9.84 Å². The van der Waals surface area contributed by atoms with Gasteiger partial charge in [-0.05, 0) is 31.0 Å². The van der Waals surface area contributed by atoms with Crippen LogP contribution in [0.25, 0.3) is 0 Å². The highest BCUT2D eigenvalue weighted by Crippen LogP contribution is 2.37. The second-order valence-electron chi connectivity index (χ2n) is 4.88. The van der Waals surface area contributed by atoms with Crippen LogP contribution >= 0.6 is 0 Å². The van der Waals surface area contributed by atoms with Gasteiger partial charge in [-0.2, -0.15) is 0 Å². The second kappa shape index (κ2) is 4.27. The van der Waals surface area contributed by atoms with Crippen molar-refractivity contribution in [2.45, 2.75) is 25.0 Å². The number of fused-ring (bicyclic) bond motifs is 1. The van der Waals surface area contributed by atoms with Gasteiger partial charge in [0.1, 0.15) is 17.8 Å². The van der Waals surface area contributed by atoms with E-state index in [0.29, 0.717) is 11.5 Å². The fourth-order valence-electron chi connectivity index (χ4n) is 2.90. The van der Waals surface area contributed by atoms with Gasteiger partial charge in [-0.25, -0.2) is 4.39 Å². The lowest BCUT2D eigenvalue weighted by molar-refractivity contribution is 0.0426. The smallest absolute Gasteiger partial charge is 0.123 e. The molecule has 2 saturated heterocycles. The van der Waals surface area contributed by atoms with Crippen LogP contribution in [-0.2, 0) is 4.74 Å². The highest BCUT2D eigenvalue weighted by Gasteiger charge is 2.35.